The maximum Gasteiger partial charge on any atom is 0.293 e. The highest BCUT2D eigenvalue weighted by molar-refractivity contribution is 6.05. The predicted molar refractivity (Wildman–Crippen MR) is 89.4 cm³/mol. The molecular formula is C17H22N4O3. The summed E-state index contributed by atoms with van der Waals surface area (Å²) in [6.45, 7) is 5.40. The number of hydrogen-bond acceptors (Lipinski definition) is 5. The number of hydrogen-bond donors (Lipinski definition) is 1. The van der Waals surface area contributed by atoms with E-state index >= 15 is 0 Å². The molecule has 2 amide bonds. The lowest BCUT2D eigenvalue weighted by molar-refractivity contribution is -0.134. The van der Waals surface area contributed by atoms with Crippen LogP contribution in [0, 0.1) is 0 Å². The Labute approximate surface area is 140 Å². The summed E-state index contributed by atoms with van der Waals surface area (Å²) in [5.41, 5.74) is 6.65. The van der Waals surface area contributed by atoms with Crippen molar-refractivity contribution in [2.24, 2.45) is 5.73 Å². The fourth-order valence-corrected chi connectivity index (χ4v) is 3.25. The molecule has 0 spiro atoms. The predicted octanol–water partition coefficient (Wildman–Crippen LogP) is 1.24. The van der Waals surface area contributed by atoms with Gasteiger partial charge in [0.2, 0.25) is 11.7 Å². The van der Waals surface area contributed by atoms with Gasteiger partial charge in [-0.25, -0.2) is 0 Å². The summed E-state index contributed by atoms with van der Waals surface area (Å²) in [6, 6.07) is 6.46. The van der Waals surface area contributed by atoms with Crippen LogP contribution in [0.1, 0.15) is 30.8 Å². The first kappa shape index (κ1) is 16.4. The number of carbonyl (C=O) groups is 2. The molecule has 7 heteroatoms. The van der Waals surface area contributed by atoms with Gasteiger partial charge in [-0.05, 0) is 32.4 Å². The Balaban J connectivity index is 1.91. The van der Waals surface area contributed by atoms with Crippen LogP contribution >= 0.6 is 0 Å². The minimum Gasteiger partial charge on any atom is -0.350 e. The number of carbonyl (C=O) groups excluding carboxylic acids is 2. The number of fused-ring (bicyclic) bond motifs is 1. The van der Waals surface area contributed by atoms with E-state index in [1.807, 2.05) is 26.0 Å². The summed E-state index contributed by atoms with van der Waals surface area (Å²) in [5, 5.41) is 4.57. The van der Waals surface area contributed by atoms with E-state index in [1.54, 1.807) is 17.0 Å². The van der Waals surface area contributed by atoms with Crippen LogP contribution in [0.2, 0.25) is 0 Å². The molecule has 1 saturated heterocycles. The highest BCUT2D eigenvalue weighted by Crippen LogP contribution is 2.25. The van der Waals surface area contributed by atoms with Gasteiger partial charge in [0.1, 0.15) is 11.6 Å². The van der Waals surface area contributed by atoms with Gasteiger partial charge in [0.05, 0.1) is 5.39 Å². The molecule has 0 aliphatic carbocycles. The van der Waals surface area contributed by atoms with Crippen LogP contribution in [0.4, 0.5) is 0 Å². The summed E-state index contributed by atoms with van der Waals surface area (Å²) < 4.78 is 5.26. The number of likely N-dealkylation sites (tertiary alicyclic amines) is 1. The highest BCUT2D eigenvalue weighted by Gasteiger charge is 2.41. The van der Waals surface area contributed by atoms with E-state index in [-0.39, 0.29) is 23.6 Å². The molecule has 2 heterocycles. The van der Waals surface area contributed by atoms with Crippen LogP contribution in [-0.4, -0.2) is 58.5 Å². The summed E-state index contributed by atoms with van der Waals surface area (Å²) in [5.74, 6) is -0.232. The van der Waals surface area contributed by atoms with Crippen molar-refractivity contribution >= 4 is 22.7 Å². The molecule has 1 fully saturated rings. The zero-order chi connectivity index (χ0) is 17.3. The Morgan fingerprint density at radius 1 is 1.33 bits per heavy atom. The SMILES string of the molecule is CCN(CC)C(=O)[C@@H]1C[C@@H](N)CN1C(=O)c1onc2ccccc12. The Hall–Kier alpha value is -2.41. The quantitative estimate of drug-likeness (QED) is 0.910. The van der Waals surface area contributed by atoms with Gasteiger partial charge in [-0.2, -0.15) is 0 Å². The zero-order valence-electron chi connectivity index (χ0n) is 13.9. The van der Waals surface area contributed by atoms with Crippen molar-refractivity contribution in [1.29, 1.82) is 0 Å². The topological polar surface area (TPSA) is 92.7 Å². The van der Waals surface area contributed by atoms with Crippen molar-refractivity contribution in [3.8, 4) is 0 Å². The van der Waals surface area contributed by atoms with Crippen molar-refractivity contribution in [3.63, 3.8) is 0 Å². The first-order chi connectivity index (χ1) is 11.6. The molecule has 128 valence electrons. The lowest BCUT2D eigenvalue weighted by atomic mass is 10.1. The Kier molecular flexibility index (Phi) is 4.53. The molecule has 0 saturated carbocycles. The monoisotopic (exact) mass is 330 g/mol. The van der Waals surface area contributed by atoms with Gasteiger partial charge in [-0.1, -0.05) is 17.3 Å². The van der Waals surface area contributed by atoms with Crippen molar-refractivity contribution in [1.82, 2.24) is 15.0 Å². The Bertz CT molecular complexity index is 753. The van der Waals surface area contributed by atoms with E-state index in [9.17, 15) is 9.59 Å². The second-order valence-corrected chi connectivity index (χ2v) is 6.01. The molecule has 1 aliphatic heterocycles. The van der Waals surface area contributed by atoms with Gasteiger partial charge < -0.3 is 20.1 Å². The van der Waals surface area contributed by atoms with Crippen LogP contribution in [0.25, 0.3) is 10.9 Å². The van der Waals surface area contributed by atoms with E-state index in [1.165, 1.54) is 4.90 Å². The van der Waals surface area contributed by atoms with Crippen molar-refractivity contribution in [3.05, 3.63) is 30.0 Å². The molecule has 1 aliphatic rings. The van der Waals surface area contributed by atoms with E-state index in [2.05, 4.69) is 5.16 Å². The summed E-state index contributed by atoms with van der Waals surface area (Å²) in [6.07, 6.45) is 0.465. The van der Waals surface area contributed by atoms with E-state index in [4.69, 9.17) is 10.3 Å². The molecule has 0 unspecified atom stereocenters. The second-order valence-electron chi connectivity index (χ2n) is 6.01. The second kappa shape index (κ2) is 6.60. The molecule has 0 radical (unpaired) electrons. The van der Waals surface area contributed by atoms with E-state index in [0.717, 1.165) is 0 Å². The number of nitrogens with zero attached hydrogens (tertiary/aromatic N) is 3. The van der Waals surface area contributed by atoms with Crippen molar-refractivity contribution in [2.45, 2.75) is 32.4 Å². The first-order valence-corrected chi connectivity index (χ1v) is 8.26. The third-order valence-electron chi connectivity index (χ3n) is 4.53. The van der Waals surface area contributed by atoms with Gasteiger partial charge in [0.25, 0.3) is 5.91 Å². The van der Waals surface area contributed by atoms with Gasteiger partial charge in [0, 0.05) is 25.7 Å². The molecule has 2 aromatic rings. The number of likely N-dealkylation sites (N-methyl/N-ethyl adjacent to an activating group) is 1. The third kappa shape index (κ3) is 2.75. The molecule has 1 aromatic heterocycles. The van der Waals surface area contributed by atoms with Gasteiger partial charge >= 0.3 is 0 Å². The number of nitrogens with two attached hydrogens (primary N) is 1. The van der Waals surface area contributed by atoms with Crippen LogP contribution < -0.4 is 5.73 Å². The van der Waals surface area contributed by atoms with Crippen LogP contribution in [0.3, 0.4) is 0 Å². The average molecular weight is 330 g/mol. The summed E-state index contributed by atoms with van der Waals surface area (Å²) >= 11 is 0. The minimum atomic E-state index is -0.545. The molecular weight excluding hydrogens is 308 g/mol. The van der Waals surface area contributed by atoms with Crippen molar-refractivity contribution in [2.75, 3.05) is 19.6 Å². The minimum absolute atomic E-state index is 0.0647. The highest BCUT2D eigenvalue weighted by atomic mass is 16.5. The number of aromatic nitrogens is 1. The number of rotatable bonds is 4. The van der Waals surface area contributed by atoms with Crippen LogP contribution in [0.5, 0.6) is 0 Å². The lowest BCUT2D eigenvalue weighted by Crippen LogP contribution is -2.47. The van der Waals surface area contributed by atoms with Gasteiger partial charge in [0.15, 0.2) is 0 Å². The molecule has 24 heavy (non-hydrogen) atoms. The lowest BCUT2D eigenvalue weighted by Gasteiger charge is -2.28. The number of benzene rings is 1. The number of amides is 2. The largest absolute Gasteiger partial charge is 0.350 e. The van der Waals surface area contributed by atoms with Crippen molar-refractivity contribution < 1.29 is 14.1 Å². The summed E-state index contributed by atoms with van der Waals surface area (Å²) in [7, 11) is 0. The van der Waals surface area contributed by atoms with Crippen LogP contribution in [0.15, 0.2) is 28.8 Å². The standard InChI is InChI=1S/C17H22N4O3/c1-3-20(4-2)16(22)14-9-11(18)10-21(14)17(23)15-12-7-5-6-8-13(12)19-24-15/h5-8,11,14H,3-4,9-10,18H2,1-2H3/t11-,14+/m1/s1. The molecule has 7 nitrogen and oxygen atoms in total. The summed E-state index contributed by atoms with van der Waals surface area (Å²) in [4.78, 5) is 28.9. The molecule has 0 bridgehead atoms. The fraction of sp³-hybridized carbons (Fsp3) is 0.471. The maximum absolute atomic E-state index is 12.9. The Morgan fingerprint density at radius 3 is 2.75 bits per heavy atom. The molecule has 1 aromatic carbocycles. The first-order valence-electron chi connectivity index (χ1n) is 8.26. The van der Waals surface area contributed by atoms with E-state index < -0.39 is 6.04 Å². The van der Waals surface area contributed by atoms with Gasteiger partial charge in [-0.3, -0.25) is 9.59 Å². The average Bonchev–Trinajstić information content (AvgIpc) is 3.19. The van der Waals surface area contributed by atoms with E-state index in [0.29, 0.717) is 37.0 Å². The van der Waals surface area contributed by atoms with Gasteiger partial charge in [-0.15, -0.1) is 0 Å². The maximum atomic E-state index is 12.9. The third-order valence-corrected chi connectivity index (χ3v) is 4.53. The smallest absolute Gasteiger partial charge is 0.293 e. The Morgan fingerprint density at radius 2 is 2.04 bits per heavy atom. The molecule has 3 rings (SSSR count). The molecule has 2 atom stereocenters. The van der Waals surface area contributed by atoms with Crippen LogP contribution in [-0.2, 0) is 4.79 Å². The molecule has 2 N–H and O–H groups in total. The zero-order valence-corrected chi connectivity index (χ0v) is 13.9. The normalized spacial score (nSPS) is 20.5. The fourth-order valence-electron chi connectivity index (χ4n) is 3.25.